The van der Waals surface area contributed by atoms with Crippen LogP contribution in [0.15, 0.2) is 231 Å². The van der Waals surface area contributed by atoms with E-state index in [2.05, 4.69) is 244 Å². The van der Waals surface area contributed by atoms with Gasteiger partial charge < -0.3 is 0 Å². The van der Waals surface area contributed by atoms with Gasteiger partial charge in [0.05, 0.1) is 16.8 Å². The molecule has 0 aliphatic heterocycles. The second-order valence-corrected chi connectivity index (χ2v) is 18.4. The average molecular weight is 841 g/mol. The first kappa shape index (κ1) is 38.3. The van der Waals surface area contributed by atoms with Crippen molar-refractivity contribution in [2.75, 3.05) is 0 Å². The lowest BCUT2D eigenvalue weighted by Gasteiger charge is -2.35. The smallest absolute Gasteiger partial charge is 0.161 e. The lowest BCUT2D eigenvalue weighted by atomic mass is 9.66. The maximum Gasteiger partial charge on any atom is 0.161 e. The number of benzene rings is 10. The molecule has 1 heterocycles. The van der Waals surface area contributed by atoms with E-state index in [0.717, 1.165) is 33.5 Å². The summed E-state index contributed by atoms with van der Waals surface area (Å²) >= 11 is 0. The molecule has 0 amide bonds. The molecule has 0 atom stereocenters. The Morgan fingerprint density at radius 2 is 0.818 bits per heavy atom. The van der Waals surface area contributed by atoms with E-state index >= 15 is 0 Å². The summed E-state index contributed by atoms with van der Waals surface area (Å²) in [5, 5.41) is 4.85. The summed E-state index contributed by atoms with van der Waals surface area (Å²) in [6.07, 6.45) is 0. The number of rotatable bonds is 6. The van der Waals surface area contributed by atoms with Gasteiger partial charge in [-0.1, -0.05) is 220 Å². The molecule has 0 N–H and O–H groups in total. The summed E-state index contributed by atoms with van der Waals surface area (Å²) in [6.45, 7) is 4.78. The Hall–Kier alpha value is -8.20. The number of hydrogen-bond acceptors (Lipinski definition) is 2. The van der Waals surface area contributed by atoms with Crippen LogP contribution in [0.4, 0.5) is 0 Å². The first-order valence-corrected chi connectivity index (χ1v) is 23.0. The van der Waals surface area contributed by atoms with Gasteiger partial charge in [0.15, 0.2) is 5.82 Å². The maximum absolute atomic E-state index is 5.67. The third-order valence-electron chi connectivity index (χ3n) is 14.5. The third kappa shape index (κ3) is 5.55. The Kier molecular flexibility index (Phi) is 8.51. The third-order valence-corrected chi connectivity index (χ3v) is 14.5. The Morgan fingerprint density at radius 3 is 1.52 bits per heavy atom. The van der Waals surface area contributed by atoms with E-state index in [1.807, 2.05) is 0 Å². The van der Waals surface area contributed by atoms with Gasteiger partial charge in [-0.2, -0.15) is 0 Å². The fourth-order valence-corrected chi connectivity index (χ4v) is 11.7. The fourth-order valence-electron chi connectivity index (χ4n) is 11.7. The van der Waals surface area contributed by atoms with Gasteiger partial charge in [0.1, 0.15) is 0 Å². The van der Waals surface area contributed by atoms with Gasteiger partial charge in [-0.3, -0.25) is 0 Å². The molecule has 2 nitrogen and oxygen atoms in total. The van der Waals surface area contributed by atoms with Crippen molar-refractivity contribution < 1.29 is 0 Å². The Labute approximate surface area is 385 Å². The van der Waals surface area contributed by atoms with Crippen molar-refractivity contribution in [3.8, 4) is 67.3 Å². The summed E-state index contributed by atoms with van der Waals surface area (Å²) in [6, 6.07) is 84.3. The number of aromatic nitrogens is 2. The first-order chi connectivity index (χ1) is 32.5. The van der Waals surface area contributed by atoms with Crippen molar-refractivity contribution in [1.82, 2.24) is 9.97 Å². The van der Waals surface area contributed by atoms with E-state index < -0.39 is 5.41 Å². The van der Waals surface area contributed by atoms with E-state index in [0.29, 0.717) is 5.82 Å². The van der Waals surface area contributed by atoms with Crippen LogP contribution >= 0.6 is 0 Å². The van der Waals surface area contributed by atoms with Gasteiger partial charge in [-0.05, 0) is 113 Å². The number of nitrogens with zero attached hydrogens (tertiary/aromatic N) is 2. The van der Waals surface area contributed by atoms with Crippen LogP contribution in [0.5, 0.6) is 0 Å². The van der Waals surface area contributed by atoms with Crippen molar-refractivity contribution in [3.63, 3.8) is 0 Å². The molecule has 0 radical (unpaired) electrons. The predicted octanol–water partition coefficient (Wildman–Crippen LogP) is 16.1. The zero-order chi connectivity index (χ0) is 44.0. The van der Waals surface area contributed by atoms with Crippen LogP contribution in [0.3, 0.4) is 0 Å². The van der Waals surface area contributed by atoms with Crippen LogP contribution in [-0.2, 0) is 10.8 Å². The molecule has 2 aliphatic carbocycles. The standard InChI is InChI=1S/C64H44N2/c1-63(2)57-39-43-23-13-12-22-42(43)38-55(57)52-33-18-31-50(60(52)63)48-36-37-53(47-29-15-14-28-46(47)48)62-65-58(41-20-6-3-7-21-41)40-59(66-62)54-34-19-32-51-49-30-16-17-35-56(49)64(61(51)54,44-24-8-4-9-25-44)45-26-10-5-11-27-45/h3-40H,1-2H3. The van der Waals surface area contributed by atoms with Crippen LogP contribution in [0.25, 0.3) is 88.8 Å². The van der Waals surface area contributed by atoms with Gasteiger partial charge in [-0.25, -0.2) is 9.97 Å². The topological polar surface area (TPSA) is 25.8 Å². The van der Waals surface area contributed by atoms with Crippen LogP contribution in [-0.4, -0.2) is 9.97 Å². The van der Waals surface area contributed by atoms with E-state index in [4.69, 9.17) is 9.97 Å². The number of fused-ring (bicyclic) bond motifs is 8. The Morgan fingerprint density at radius 1 is 0.318 bits per heavy atom. The van der Waals surface area contributed by atoms with E-state index in [1.54, 1.807) is 0 Å². The maximum atomic E-state index is 5.67. The van der Waals surface area contributed by atoms with Gasteiger partial charge in [0, 0.05) is 22.1 Å². The molecule has 310 valence electrons. The second kappa shape index (κ2) is 14.7. The quantitative estimate of drug-likeness (QED) is 0.167. The van der Waals surface area contributed by atoms with Crippen molar-refractivity contribution >= 4 is 21.5 Å². The largest absolute Gasteiger partial charge is 0.228 e. The highest BCUT2D eigenvalue weighted by atomic mass is 14.9. The van der Waals surface area contributed by atoms with Gasteiger partial charge in [0.25, 0.3) is 0 Å². The first-order valence-electron chi connectivity index (χ1n) is 23.0. The van der Waals surface area contributed by atoms with Gasteiger partial charge >= 0.3 is 0 Å². The molecule has 10 aromatic carbocycles. The van der Waals surface area contributed by atoms with E-state index in [1.165, 1.54) is 82.9 Å². The highest BCUT2D eigenvalue weighted by Gasteiger charge is 2.48. The SMILES string of the molecule is CC1(C)c2cc3ccccc3cc2-c2cccc(-c3ccc(-c4nc(-c5ccccc5)cc(-c5cccc6c5C(c5ccccc5)(c5ccccc5)c5ccccc5-6)n4)c4ccccc34)c21. The lowest BCUT2D eigenvalue weighted by molar-refractivity contribution is 0.663. The summed E-state index contributed by atoms with van der Waals surface area (Å²) in [7, 11) is 0. The molecule has 0 saturated carbocycles. The summed E-state index contributed by atoms with van der Waals surface area (Å²) in [4.78, 5) is 11.1. The van der Waals surface area contributed by atoms with Gasteiger partial charge in [0.2, 0.25) is 0 Å². The Bertz CT molecular complexity index is 3680. The van der Waals surface area contributed by atoms with Gasteiger partial charge in [-0.15, -0.1) is 0 Å². The summed E-state index contributed by atoms with van der Waals surface area (Å²) < 4.78 is 0. The molecule has 2 heteroatoms. The molecular weight excluding hydrogens is 797 g/mol. The molecule has 1 aromatic heterocycles. The van der Waals surface area contributed by atoms with E-state index in [9.17, 15) is 0 Å². The zero-order valence-electron chi connectivity index (χ0n) is 36.8. The zero-order valence-corrected chi connectivity index (χ0v) is 36.8. The molecule has 11 aromatic rings. The minimum Gasteiger partial charge on any atom is -0.228 e. The minimum absolute atomic E-state index is 0.197. The molecule has 0 bridgehead atoms. The molecule has 66 heavy (non-hydrogen) atoms. The highest BCUT2D eigenvalue weighted by Crippen LogP contribution is 2.59. The molecule has 0 fully saturated rings. The van der Waals surface area contributed by atoms with E-state index in [-0.39, 0.29) is 5.41 Å². The van der Waals surface area contributed by atoms with Crippen LogP contribution in [0.1, 0.15) is 47.2 Å². The molecule has 0 saturated heterocycles. The van der Waals surface area contributed by atoms with Crippen LogP contribution in [0.2, 0.25) is 0 Å². The molecule has 13 rings (SSSR count). The predicted molar refractivity (Wildman–Crippen MR) is 274 cm³/mol. The molecule has 2 aliphatic rings. The number of hydrogen-bond donors (Lipinski definition) is 0. The normalized spacial score (nSPS) is 13.8. The lowest BCUT2D eigenvalue weighted by Crippen LogP contribution is -2.29. The Balaban J connectivity index is 1.04. The van der Waals surface area contributed by atoms with Crippen molar-refractivity contribution in [2.45, 2.75) is 24.7 Å². The highest BCUT2D eigenvalue weighted by molar-refractivity contribution is 6.07. The average Bonchev–Trinajstić information content (AvgIpc) is 3.81. The molecule has 0 unspecified atom stereocenters. The second-order valence-electron chi connectivity index (χ2n) is 18.4. The summed E-state index contributed by atoms with van der Waals surface area (Å²) in [5.74, 6) is 0.699. The summed E-state index contributed by atoms with van der Waals surface area (Å²) in [5.41, 5.74) is 19.4. The van der Waals surface area contributed by atoms with Crippen LogP contribution in [0, 0.1) is 0 Å². The monoisotopic (exact) mass is 840 g/mol. The van der Waals surface area contributed by atoms with Crippen molar-refractivity contribution in [1.29, 1.82) is 0 Å². The van der Waals surface area contributed by atoms with Crippen LogP contribution < -0.4 is 0 Å². The van der Waals surface area contributed by atoms with Crippen molar-refractivity contribution in [3.05, 3.63) is 264 Å². The molecular formula is C64H44N2. The fraction of sp³-hybridized carbons (Fsp3) is 0.0625. The minimum atomic E-state index is -0.590. The van der Waals surface area contributed by atoms with Crippen molar-refractivity contribution in [2.24, 2.45) is 0 Å². The molecule has 0 spiro atoms.